The van der Waals surface area contributed by atoms with Crippen molar-refractivity contribution in [2.75, 3.05) is 13.1 Å². The van der Waals surface area contributed by atoms with Gasteiger partial charge >= 0.3 is 0 Å². The molecular weight excluding hydrogens is 410 g/mol. The molecule has 0 N–H and O–H groups in total. The summed E-state index contributed by atoms with van der Waals surface area (Å²) in [4.78, 5) is 14.6. The van der Waals surface area contributed by atoms with Crippen LogP contribution in [0.2, 0.25) is 0 Å². The molecule has 1 saturated heterocycles. The molecule has 5 nitrogen and oxygen atoms in total. The first-order valence-electron chi connectivity index (χ1n) is 12.0. The average Bonchev–Trinajstić information content (AvgIpc) is 3.26. The Labute approximate surface area is 194 Å². The van der Waals surface area contributed by atoms with Gasteiger partial charge in [-0.2, -0.15) is 0 Å². The average molecular weight is 442 g/mol. The molecule has 5 rings (SSSR count). The summed E-state index contributed by atoms with van der Waals surface area (Å²) >= 11 is 0. The summed E-state index contributed by atoms with van der Waals surface area (Å²) < 4.78 is 7.48. The zero-order valence-electron chi connectivity index (χ0n) is 19.2. The molecule has 0 unspecified atom stereocenters. The fraction of sp³-hybridized carbons (Fsp3) is 0.357. The van der Waals surface area contributed by atoms with Crippen LogP contribution in [-0.2, 0) is 19.5 Å². The number of benzene rings is 2. The second-order valence-electron chi connectivity index (χ2n) is 9.27. The summed E-state index contributed by atoms with van der Waals surface area (Å²) in [6.45, 7) is 5.99. The van der Waals surface area contributed by atoms with Crippen molar-refractivity contribution in [1.82, 2.24) is 14.6 Å². The lowest BCUT2D eigenvalue weighted by atomic mass is 9.90. The second-order valence-corrected chi connectivity index (χ2v) is 9.27. The number of aromatic nitrogens is 2. The topological polar surface area (TPSA) is 51.3 Å². The normalized spacial score (nSPS) is 15.3. The Morgan fingerprint density at radius 1 is 0.970 bits per heavy atom. The number of hydrogen-bond acceptors (Lipinski definition) is 4. The molecule has 4 aromatic rings. The lowest BCUT2D eigenvalue weighted by Crippen LogP contribution is -2.33. The summed E-state index contributed by atoms with van der Waals surface area (Å²) in [7, 11) is 0. The number of aryl methyl sites for hydroxylation is 2. The monoisotopic (exact) mass is 441 g/mol. The Kier molecular flexibility index (Phi) is 6.40. The molecular formula is C28H31N3O2. The second kappa shape index (κ2) is 9.75. The van der Waals surface area contributed by atoms with Crippen molar-refractivity contribution >= 4 is 11.0 Å². The predicted molar refractivity (Wildman–Crippen MR) is 131 cm³/mol. The van der Waals surface area contributed by atoms with Gasteiger partial charge in [0.15, 0.2) is 5.58 Å². The van der Waals surface area contributed by atoms with Gasteiger partial charge in [-0.05, 0) is 74.9 Å². The molecule has 0 aliphatic carbocycles. The van der Waals surface area contributed by atoms with E-state index in [1.54, 1.807) is 16.7 Å². The fourth-order valence-corrected chi connectivity index (χ4v) is 4.97. The van der Waals surface area contributed by atoms with Crippen LogP contribution < -0.4 is 5.56 Å². The molecule has 5 heteroatoms. The Hall–Kier alpha value is -3.18. The van der Waals surface area contributed by atoms with E-state index in [0.717, 1.165) is 53.1 Å². The van der Waals surface area contributed by atoms with Crippen LogP contribution in [0.5, 0.6) is 0 Å². The zero-order valence-corrected chi connectivity index (χ0v) is 19.2. The van der Waals surface area contributed by atoms with E-state index >= 15 is 0 Å². The van der Waals surface area contributed by atoms with Crippen molar-refractivity contribution < 1.29 is 4.52 Å². The van der Waals surface area contributed by atoms with Gasteiger partial charge in [-0.1, -0.05) is 47.6 Å². The van der Waals surface area contributed by atoms with Gasteiger partial charge in [0.25, 0.3) is 5.56 Å². The van der Waals surface area contributed by atoms with Crippen LogP contribution in [0.4, 0.5) is 0 Å². The fourth-order valence-electron chi connectivity index (χ4n) is 4.97. The third-order valence-electron chi connectivity index (χ3n) is 7.06. The van der Waals surface area contributed by atoms with Gasteiger partial charge in [0, 0.05) is 29.8 Å². The number of rotatable bonds is 7. The van der Waals surface area contributed by atoms with Gasteiger partial charge in [-0.25, -0.2) is 0 Å². The lowest BCUT2D eigenvalue weighted by molar-refractivity contribution is 0.172. The highest BCUT2D eigenvalue weighted by Gasteiger charge is 2.21. The molecule has 1 aliphatic heterocycles. The summed E-state index contributed by atoms with van der Waals surface area (Å²) in [5.41, 5.74) is 5.47. The van der Waals surface area contributed by atoms with Crippen LogP contribution in [0, 0.1) is 12.8 Å². The summed E-state index contributed by atoms with van der Waals surface area (Å²) in [5, 5.41) is 5.53. The van der Waals surface area contributed by atoms with Crippen LogP contribution in [0.25, 0.3) is 11.0 Å². The van der Waals surface area contributed by atoms with Crippen LogP contribution >= 0.6 is 0 Å². The van der Waals surface area contributed by atoms with Gasteiger partial charge < -0.3 is 9.09 Å². The maximum absolute atomic E-state index is 12.1. The number of hydrogen-bond donors (Lipinski definition) is 0. The lowest BCUT2D eigenvalue weighted by Gasteiger charge is -2.31. The first-order chi connectivity index (χ1) is 16.2. The quantitative estimate of drug-likeness (QED) is 0.396. The molecule has 0 atom stereocenters. The van der Waals surface area contributed by atoms with Gasteiger partial charge in [-0.15, -0.1) is 0 Å². The van der Waals surface area contributed by atoms with Crippen molar-refractivity contribution in [3.63, 3.8) is 0 Å². The molecule has 33 heavy (non-hydrogen) atoms. The molecule has 3 heterocycles. The maximum Gasteiger partial charge on any atom is 0.250 e. The van der Waals surface area contributed by atoms with Crippen molar-refractivity contribution in [3.05, 3.63) is 99.6 Å². The van der Waals surface area contributed by atoms with E-state index in [1.165, 1.54) is 31.5 Å². The molecule has 170 valence electrons. The Morgan fingerprint density at radius 2 is 1.76 bits per heavy atom. The number of nitrogens with zero attached hydrogens (tertiary/aromatic N) is 3. The summed E-state index contributed by atoms with van der Waals surface area (Å²) in [5.74, 6) is 0.745. The van der Waals surface area contributed by atoms with Gasteiger partial charge in [0.2, 0.25) is 0 Å². The zero-order chi connectivity index (χ0) is 22.6. The minimum atomic E-state index is 0.00470. The number of fused-ring (bicyclic) bond motifs is 1. The largest absolute Gasteiger partial charge is 0.356 e. The number of piperidine rings is 1. The molecule has 0 radical (unpaired) electrons. The number of likely N-dealkylation sites (tertiary alicyclic amines) is 1. The minimum Gasteiger partial charge on any atom is -0.356 e. The molecule has 1 aliphatic rings. The first-order valence-corrected chi connectivity index (χ1v) is 12.0. The van der Waals surface area contributed by atoms with E-state index < -0.39 is 0 Å². The Balaban J connectivity index is 1.19. The highest BCUT2D eigenvalue weighted by Crippen LogP contribution is 2.29. The van der Waals surface area contributed by atoms with Crippen molar-refractivity contribution in [2.45, 2.75) is 45.7 Å². The standard InChI is InChI=1S/C28H31N3O2/c1-21-24(20-31-16-6-5-9-27(31)32)11-12-25-26(29-33-28(21)25)13-10-22-14-17-30(18-15-22)19-23-7-3-2-4-8-23/h2-9,11-12,16,22H,10,13-15,17-20H2,1H3. The third kappa shape index (κ3) is 4.93. The summed E-state index contributed by atoms with van der Waals surface area (Å²) in [6, 6.07) is 20.2. The highest BCUT2D eigenvalue weighted by molar-refractivity contribution is 5.83. The van der Waals surface area contributed by atoms with E-state index in [1.807, 2.05) is 12.3 Å². The first kappa shape index (κ1) is 21.7. The molecule has 0 spiro atoms. The molecule has 2 aromatic heterocycles. The van der Waals surface area contributed by atoms with Crippen molar-refractivity contribution in [1.29, 1.82) is 0 Å². The molecule has 2 aromatic carbocycles. The van der Waals surface area contributed by atoms with E-state index in [2.05, 4.69) is 59.4 Å². The number of pyridine rings is 1. The molecule has 0 saturated carbocycles. The van der Waals surface area contributed by atoms with Gasteiger partial charge in [0.1, 0.15) is 0 Å². The highest BCUT2D eigenvalue weighted by atomic mass is 16.5. The molecule has 0 bridgehead atoms. The smallest absolute Gasteiger partial charge is 0.250 e. The Bertz CT molecular complexity index is 1270. The minimum absolute atomic E-state index is 0.00470. The SMILES string of the molecule is Cc1c(Cn2ccccc2=O)ccc2c(CCC3CCN(Cc4ccccc4)CC3)noc12. The summed E-state index contributed by atoms with van der Waals surface area (Å²) in [6.07, 6.45) is 6.42. The van der Waals surface area contributed by atoms with Crippen LogP contribution in [0.1, 0.15) is 41.6 Å². The van der Waals surface area contributed by atoms with Crippen LogP contribution in [0.15, 0.2) is 76.2 Å². The van der Waals surface area contributed by atoms with Gasteiger partial charge in [0.05, 0.1) is 12.2 Å². The van der Waals surface area contributed by atoms with Crippen molar-refractivity contribution in [2.24, 2.45) is 5.92 Å². The molecule has 0 amide bonds. The van der Waals surface area contributed by atoms with Gasteiger partial charge in [-0.3, -0.25) is 9.69 Å². The maximum atomic E-state index is 12.1. The van der Waals surface area contributed by atoms with Crippen molar-refractivity contribution in [3.8, 4) is 0 Å². The third-order valence-corrected chi connectivity index (χ3v) is 7.06. The van der Waals surface area contributed by atoms with E-state index in [4.69, 9.17) is 4.52 Å². The van der Waals surface area contributed by atoms with E-state index in [-0.39, 0.29) is 5.56 Å². The Morgan fingerprint density at radius 3 is 2.55 bits per heavy atom. The van der Waals surface area contributed by atoms with Crippen LogP contribution in [0.3, 0.4) is 0 Å². The molecule has 1 fully saturated rings. The van der Waals surface area contributed by atoms with Crippen LogP contribution in [-0.4, -0.2) is 27.7 Å². The van der Waals surface area contributed by atoms with E-state index in [0.29, 0.717) is 6.54 Å². The van der Waals surface area contributed by atoms with E-state index in [9.17, 15) is 4.79 Å². The predicted octanol–water partition coefficient (Wildman–Crippen LogP) is 5.19.